The van der Waals surface area contributed by atoms with Crippen molar-refractivity contribution in [3.05, 3.63) is 41.3 Å². The van der Waals surface area contributed by atoms with Gasteiger partial charge < -0.3 is 11.1 Å². The van der Waals surface area contributed by atoms with Crippen LogP contribution in [-0.2, 0) is 0 Å². The van der Waals surface area contributed by atoms with Gasteiger partial charge in [-0.15, -0.1) is 0 Å². The molecular formula is C16H21ClN4. The molecule has 4 nitrogen and oxygen atoms in total. The lowest BCUT2D eigenvalue weighted by atomic mass is 10.1. The second-order valence-corrected chi connectivity index (χ2v) is 5.66. The van der Waals surface area contributed by atoms with Crippen LogP contribution in [0, 0.1) is 0 Å². The lowest BCUT2D eigenvalue weighted by Gasteiger charge is -2.13. The molecule has 21 heavy (non-hydrogen) atoms. The van der Waals surface area contributed by atoms with E-state index in [2.05, 4.69) is 24.1 Å². The van der Waals surface area contributed by atoms with Crippen molar-refractivity contribution in [1.29, 1.82) is 0 Å². The zero-order valence-electron chi connectivity index (χ0n) is 12.4. The van der Waals surface area contributed by atoms with Crippen molar-refractivity contribution in [3.8, 4) is 11.3 Å². The van der Waals surface area contributed by atoms with Gasteiger partial charge in [0.05, 0.1) is 17.6 Å². The van der Waals surface area contributed by atoms with Crippen LogP contribution in [0.2, 0.25) is 5.02 Å². The molecule has 1 aromatic heterocycles. The number of hydrogen-bond donors (Lipinski definition) is 2. The average molecular weight is 305 g/mol. The van der Waals surface area contributed by atoms with Gasteiger partial charge in [-0.05, 0) is 25.1 Å². The summed E-state index contributed by atoms with van der Waals surface area (Å²) >= 11 is 5.96. The minimum atomic E-state index is 0.286. The molecule has 0 saturated carbocycles. The number of nitrogens with zero attached hydrogens (tertiary/aromatic N) is 2. The highest BCUT2D eigenvalue weighted by molar-refractivity contribution is 6.30. The summed E-state index contributed by atoms with van der Waals surface area (Å²) < 4.78 is 0. The molecule has 1 heterocycles. The van der Waals surface area contributed by atoms with Gasteiger partial charge in [0.2, 0.25) is 0 Å². The summed E-state index contributed by atoms with van der Waals surface area (Å²) in [7, 11) is 0. The van der Waals surface area contributed by atoms with Gasteiger partial charge in [-0.25, -0.2) is 9.97 Å². The Bertz CT molecular complexity index is 581. The molecule has 3 N–H and O–H groups in total. The van der Waals surface area contributed by atoms with Crippen LogP contribution in [0.25, 0.3) is 11.3 Å². The van der Waals surface area contributed by atoms with Gasteiger partial charge >= 0.3 is 0 Å². The first kappa shape index (κ1) is 15.7. The fourth-order valence-corrected chi connectivity index (χ4v) is 2.08. The number of halogens is 1. The summed E-state index contributed by atoms with van der Waals surface area (Å²) in [4.78, 5) is 9.13. The Morgan fingerprint density at radius 2 is 1.95 bits per heavy atom. The lowest BCUT2D eigenvalue weighted by molar-refractivity contribution is 0.775. The molecule has 0 unspecified atom stereocenters. The van der Waals surface area contributed by atoms with Gasteiger partial charge in [-0.1, -0.05) is 37.6 Å². The Hall–Kier alpha value is -1.65. The maximum atomic E-state index is 5.96. The van der Waals surface area contributed by atoms with Crippen molar-refractivity contribution < 1.29 is 0 Å². The Morgan fingerprint density at radius 1 is 1.24 bits per heavy atom. The van der Waals surface area contributed by atoms with Crippen LogP contribution in [0.4, 0.5) is 5.69 Å². The number of rotatable bonds is 6. The number of nitrogens with two attached hydrogens (primary N) is 1. The minimum absolute atomic E-state index is 0.286. The molecule has 2 rings (SSSR count). The second-order valence-electron chi connectivity index (χ2n) is 5.22. The van der Waals surface area contributed by atoms with Crippen molar-refractivity contribution in [1.82, 2.24) is 9.97 Å². The maximum Gasteiger partial charge on any atom is 0.131 e. The van der Waals surface area contributed by atoms with Crippen LogP contribution >= 0.6 is 11.6 Å². The topological polar surface area (TPSA) is 63.8 Å². The SMILES string of the molecule is CC(C)c1ncc(NCCCN)c(-c2ccc(Cl)cc2)n1. The highest BCUT2D eigenvalue weighted by Crippen LogP contribution is 2.28. The third kappa shape index (κ3) is 4.16. The minimum Gasteiger partial charge on any atom is -0.382 e. The second kappa shape index (κ2) is 7.38. The Morgan fingerprint density at radius 3 is 2.57 bits per heavy atom. The summed E-state index contributed by atoms with van der Waals surface area (Å²) in [5.41, 5.74) is 8.39. The molecule has 1 aromatic carbocycles. The molecule has 0 fully saturated rings. The molecule has 0 bridgehead atoms. The molecule has 0 aliphatic carbocycles. The zero-order valence-corrected chi connectivity index (χ0v) is 13.2. The Labute approximate surface area is 130 Å². The molecular weight excluding hydrogens is 284 g/mol. The number of aromatic nitrogens is 2. The van der Waals surface area contributed by atoms with Gasteiger partial charge in [-0.3, -0.25) is 0 Å². The summed E-state index contributed by atoms with van der Waals surface area (Å²) in [5.74, 6) is 1.12. The quantitative estimate of drug-likeness (QED) is 0.799. The van der Waals surface area contributed by atoms with Crippen LogP contribution in [-0.4, -0.2) is 23.1 Å². The Kier molecular flexibility index (Phi) is 5.53. The zero-order chi connectivity index (χ0) is 15.2. The van der Waals surface area contributed by atoms with E-state index in [4.69, 9.17) is 22.3 Å². The maximum absolute atomic E-state index is 5.96. The largest absolute Gasteiger partial charge is 0.382 e. The predicted molar refractivity (Wildman–Crippen MR) is 88.7 cm³/mol. The first-order chi connectivity index (χ1) is 10.1. The summed E-state index contributed by atoms with van der Waals surface area (Å²) in [6.07, 6.45) is 2.76. The molecule has 0 spiro atoms. The standard InChI is InChI=1S/C16H21ClN4/c1-11(2)16-20-10-14(19-9-3-8-18)15(21-16)12-4-6-13(17)7-5-12/h4-7,10-11,19H,3,8-9,18H2,1-2H3. The highest BCUT2D eigenvalue weighted by atomic mass is 35.5. The monoisotopic (exact) mass is 304 g/mol. The highest BCUT2D eigenvalue weighted by Gasteiger charge is 2.11. The van der Waals surface area contributed by atoms with E-state index in [1.807, 2.05) is 30.5 Å². The summed E-state index contributed by atoms with van der Waals surface area (Å²) in [5, 5.41) is 4.07. The van der Waals surface area contributed by atoms with Crippen molar-refractivity contribution >= 4 is 17.3 Å². The van der Waals surface area contributed by atoms with Crippen molar-refractivity contribution in [3.63, 3.8) is 0 Å². The molecule has 5 heteroatoms. The fourth-order valence-electron chi connectivity index (χ4n) is 1.96. The van der Waals surface area contributed by atoms with Crippen LogP contribution in [0.15, 0.2) is 30.5 Å². The third-order valence-electron chi connectivity index (χ3n) is 3.14. The number of benzene rings is 1. The number of hydrogen-bond acceptors (Lipinski definition) is 4. The van der Waals surface area contributed by atoms with Crippen LogP contribution in [0.3, 0.4) is 0 Å². The smallest absolute Gasteiger partial charge is 0.131 e. The molecule has 0 radical (unpaired) electrons. The van der Waals surface area contributed by atoms with Gasteiger partial charge in [0.1, 0.15) is 5.82 Å². The molecule has 0 aliphatic heterocycles. The van der Waals surface area contributed by atoms with Crippen molar-refractivity contribution in [2.45, 2.75) is 26.2 Å². The Balaban J connectivity index is 2.37. The van der Waals surface area contributed by atoms with Gasteiger partial charge in [0.25, 0.3) is 0 Å². The van der Waals surface area contributed by atoms with Gasteiger partial charge in [0, 0.05) is 23.0 Å². The molecule has 2 aromatic rings. The van der Waals surface area contributed by atoms with E-state index in [0.29, 0.717) is 6.54 Å². The van der Waals surface area contributed by atoms with E-state index in [1.165, 1.54) is 0 Å². The summed E-state index contributed by atoms with van der Waals surface area (Å²) in [6, 6.07) is 7.70. The van der Waals surface area contributed by atoms with E-state index in [9.17, 15) is 0 Å². The van der Waals surface area contributed by atoms with E-state index in [0.717, 1.165) is 40.8 Å². The number of anilines is 1. The molecule has 0 atom stereocenters. The average Bonchev–Trinajstić information content (AvgIpc) is 2.48. The van der Waals surface area contributed by atoms with Crippen LogP contribution < -0.4 is 11.1 Å². The summed E-state index contributed by atoms with van der Waals surface area (Å²) in [6.45, 7) is 5.64. The molecule has 0 saturated heterocycles. The molecule has 0 amide bonds. The lowest BCUT2D eigenvalue weighted by Crippen LogP contribution is -2.11. The van der Waals surface area contributed by atoms with Crippen molar-refractivity contribution in [2.75, 3.05) is 18.4 Å². The van der Waals surface area contributed by atoms with E-state index in [1.54, 1.807) is 0 Å². The van der Waals surface area contributed by atoms with Gasteiger partial charge in [-0.2, -0.15) is 0 Å². The molecule has 112 valence electrons. The fraction of sp³-hybridized carbons (Fsp3) is 0.375. The van der Waals surface area contributed by atoms with E-state index < -0.39 is 0 Å². The molecule has 0 aliphatic rings. The normalized spacial score (nSPS) is 10.9. The van der Waals surface area contributed by atoms with Crippen LogP contribution in [0.5, 0.6) is 0 Å². The first-order valence-corrected chi connectivity index (χ1v) is 7.56. The van der Waals surface area contributed by atoms with E-state index in [-0.39, 0.29) is 5.92 Å². The van der Waals surface area contributed by atoms with E-state index >= 15 is 0 Å². The first-order valence-electron chi connectivity index (χ1n) is 7.18. The third-order valence-corrected chi connectivity index (χ3v) is 3.39. The number of nitrogens with one attached hydrogen (secondary N) is 1. The predicted octanol–water partition coefficient (Wildman–Crippen LogP) is 3.68. The van der Waals surface area contributed by atoms with Crippen LogP contribution in [0.1, 0.15) is 32.0 Å². The van der Waals surface area contributed by atoms with Crippen molar-refractivity contribution in [2.24, 2.45) is 5.73 Å². The van der Waals surface area contributed by atoms with Gasteiger partial charge in [0.15, 0.2) is 0 Å².